The topological polar surface area (TPSA) is 69.7 Å². The second-order valence-electron chi connectivity index (χ2n) is 3.21. The van der Waals surface area contributed by atoms with Gasteiger partial charge in [-0.3, -0.25) is 14.4 Å². The molecule has 18 heavy (non-hydrogen) atoms. The second-order valence-corrected chi connectivity index (χ2v) is 3.21. The Labute approximate surface area is 109 Å². The average molecular weight is 260 g/mol. The van der Waals surface area contributed by atoms with Gasteiger partial charge < -0.3 is 9.47 Å². The zero-order chi connectivity index (χ0) is 14.4. The van der Waals surface area contributed by atoms with Crippen LogP contribution in [0.3, 0.4) is 0 Å². The summed E-state index contributed by atoms with van der Waals surface area (Å²) >= 11 is 0. The number of esters is 1. The van der Waals surface area contributed by atoms with Gasteiger partial charge in [0.2, 0.25) is 0 Å². The largest absolute Gasteiger partial charge is 0.468 e. The van der Waals surface area contributed by atoms with Gasteiger partial charge >= 0.3 is 5.97 Å². The molecule has 1 unspecified atom stereocenters. The van der Waals surface area contributed by atoms with E-state index < -0.39 is 5.92 Å². The number of hydrogen-bond acceptors (Lipinski definition) is 5. The molecule has 0 aromatic carbocycles. The second kappa shape index (κ2) is 13.7. The van der Waals surface area contributed by atoms with Crippen molar-refractivity contribution in [2.75, 3.05) is 13.2 Å². The van der Waals surface area contributed by atoms with Crippen LogP contribution in [0.1, 0.15) is 47.0 Å². The van der Waals surface area contributed by atoms with Gasteiger partial charge in [-0.1, -0.05) is 13.8 Å². The van der Waals surface area contributed by atoms with Crippen molar-refractivity contribution in [2.45, 2.75) is 47.0 Å². The predicted molar refractivity (Wildman–Crippen MR) is 68.0 cm³/mol. The number of carbonyl (C=O) groups excluding carboxylic acids is 3. The molecule has 0 aromatic heterocycles. The molecule has 0 heterocycles. The fourth-order valence-electron chi connectivity index (χ4n) is 1.38. The van der Waals surface area contributed by atoms with Crippen LogP contribution in [0.5, 0.6) is 0 Å². The van der Waals surface area contributed by atoms with Gasteiger partial charge in [0.05, 0.1) is 13.2 Å². The highest BCUT2D eigenvalue weighted by atomic mass is 16.5. The summed E-state index contributed by atoms with van der Waals surface area (Å²) in [6.07, 6.45) is 2.06. The monoisotopic (exact) mass is 260 g/mol. The quantitative estimate of drug-likeness (QED) is 0.440. The molecule has 0 amide bonds. The Morgan fingerprint density at radius 3 is 2.22 bits per heavy atom. The molecule has 0 bridgehead atoms. The van der Waals surface area contributed by atoms with E-state index in [1.165, 1.54) is 0 Å². The van der Waals surface area contributed by atoms with Crippen LogP contribution in [-0.2, 0) is 23.9 Å². The lowest BCUT2D eigenvalue weighted by Crippen LogP contribution is -2.21. The van der Waals surface area contributed by atoms with Crippen molar-refractivity contribution in [3.63, 3.8) is 0 Å². The zero-order valence-electron chi connectivity index (χ0n) is 11.7. The minimum absolute atomic E-state index is 0.0449. The smallest absolute Gasteiger partial charge is 0.316 e. The van der Waals surface area contributed by atoms with E-state index in [1.807, 2.05) is 13.8 Å². The Hall–Kier alpha value is -1.39. The number of ether oxygens (including phenoxy) is 2. The number of Topliss-reactive ketones (excluding diaryl/α,β-unsaturated/α-hetero) is 1. The molecule has 5 nitrogen and oxygen atoms in total. The van der Waals surface area contributed by atoms with Gasteiger partial charge in [0.1, 0.15) is 11.7 Å². The van der Waals surface area contributed by atoms with Crippen LogP contribution in [0.25, 0.3) is 0 Å². The van der Waals surface area contributed by atoms with Gasteiger partial charge in [-0.25, -0.2) is 0 Å². The molecule has 0 aliphatic heterocycles. The van der Waals surface area contributed by atoms with E-state index in [0.29, 0.717) is 32.5 Å². The molecule has 1 fully saturated rings. The van der Waals surface area contributed by atoms with E-state index in [2.05, 4.69) is 4.74 Å². The lowest BCUT2D eigenvalue weighted by atomic mass is 10.1. The molecular weight excluding hydrogens is 236 g/mol. The maximum absolute atomic E-state index is 11.0. The van der Waals surface area contributed by atoms with Crippen LogP contribution in [0.4, 0.5) is 0 Å². The molecule has 1 aliphatic rings. The molecule has 0 N–H and O–H groups in total. The third kappa shape index (κ3) is 8.73. The summed E-state index contributed by atoms with van der Waals surface area (Å²) in [7, 11) is 0. The van der Waals surface area contributed by atoms with E-state index in [-0.39, 0.29) is 11.8 Å². The minimum atomic E-state index is -0.449. The third-order valence-corrected chi connectivity index (χ3v) is 2.11. The Morgan fingerprint density at radius 1 is 1.33 bits per heavy atom. The van der Waals surface area contributed by atoms with Gasteiger partial charge in [0.25, 0.3) is 6.47 Å². The van der Waals surface area contributed by atoms with Crippen molar-refractivity contribution in [2.24, 2.45) is 5.92 Å². The molecule has 1 aliphatic carbocycles. The normalized spacial score (nSPS) is 16.7. The van der Waals surface area contributed by atoms with Crippen molar-refractivity contribution in [1.29, 1.82) is 0 Å². The fourth-order valence-corrected chi connectivity index (χ4v) is 1.38. The Balaban J connectivity index is 0. The number of rotatable bonds is 4. The first-order valence-electron chi connectivity index (χ1n) is 6.41. The van der Waals surface area contributed by atoms with Gasteiger partial charge in [0, 0.05) is 6.42 Å². The van der Waals surface area contributed by atoms with Crippen molar-refractivity contribution in [3.05, 3.63) is 0 Å². The number of ketones is 1. The van der Waals surface area contributed by atoms with E-state index >= 15 is 0 Å². The molecule has 1 rings (SSSR count). The van der Waals surface area contributed by atoms with Crippen molar-refractivity contribution in [3.8, 4) is 0 Å². The summed E-state index contributed by atoms with van der Waals surface area (Å²) < 4.78 is 8.89. The predicted octanol–water partition coefficient (Wildman–Crippen LogP) is 2.12. The molecule has 0 radical (unpaired) electrons. The molecule has 106 valence electrons. The van der Waals surface area contributed by atoms with Crippen LogP contribution in [0.2, 0.25) is 0 Å². The number of hydrogen-bond donors (Lipinski definition) is 0. The summed E-state index contributed by atoms with van der Waals surface area (Å²) in [6.45, 7) is 8.78. The molecule has 0 spiro atoms. The third-order valence-electron chi connectivity index (χ3n) is 2.11. The van der Waals surface area contributed by atoms with Crippen LogP contribution in [0.15, 0.2) is 0 Å². The van der Waals surface area contributed by atoms with Crippen molar-refractivity contribution in [1.82, 2.24) is 0 Å². The number of carbonyl (C=O) groups is 3. The fraction of sp³-hybridized carbons (Fsp3) is 0.769. The Kier molecular flexibility index (Phi) is 14.4. The van der Waals surface area contributed by atoms with Crippen LogP contribution >= 0.6 is 0 Å². The van der Waals surface area contributed by atoms with E-state index in [0.717, 1.165) is 6.42 Å². The van der Waals surface area contributed by atoms with Crippen LogP contribution in [-0.4, -0.2) is 31.4 Å². The summed E-state index contributed by atoms with van der Waals surface area (Å²) in [5.74, 6) is -0.742. The first-order chi connectivity index (χ1) is 8.67. The highest BCUT2D eigenvalue weighted by Gasteiger charge is 2.31. The Morgan fingerprint density at radius 2 is 1.94 bits per heavy atom. The first kappa shape index (κ1) is 19.0. The lowest BCUT2D eigenvalue weighted by molar-refractivity contribution is -0.150. The lowest BCUT2D eigenvalue weighted by Gasteiger charge is -2.05. The standard InChI is InChI=1S/C8H12O3.C3H6O2.C2H6/c1-2-11-8(10)6-4-3-5-7(6)9;1-2-5-3-4;1-2/h6H,2-5H2,1H3;3H,2H2,1H3;1-2H3. The van der Waals surface area contributed by atoms with Crippen LogP contribution in [0, 0.1) is 5.92 Å². The average Bonchev–Trinajstić information content (AvgIpc) is 2.80. The summed E-state index contributed by atoms with van der Waals surface area (Å²) in [4.78, 5) is 31.2. The molecular formula is C13H24O5. The maximum atomic E-state index is 11.0. The maximum Gasteiger partial charge on any atom is 0.316 e. The summed E-state index contributed by atoms with van der Waals surface area (Å²) in [6, 6.07) is 0. The van der Waals surface area contributed by atoms with E-state index in [1.54, 1.807) is 13.8 Å². The van der Waals surface area contributed by atoms with Gasteiger partial charge in [-0.15, -0.1) is 0 Å². The molecule has 0 aromatic rings. The zero-order valence-corrected chi connectivity index (χ0v) is 11.7. The SMILES string of the molecule is CC.CCOC(=O)C1CCCC1=O.CCOC=O. The summed E-state index contributed by atoms with van der Waals surface area (Å²) in [5.41, 5.74) is 0. The van der Waals surface area contributed by atoms with Gasteiger partial charge in [0.15, 0.2) is 0 Å². The van der Waals surface area contributed by atoms with Crippen molar-refractivity contribution < 1.29 is 23.9 Å². The van der Waals surface area contributed by atoms with Gasteiger partial charge in [-0.05, 0) is 26.7 Å². The molecule has 5 heteroatoms. The van der Waals surface area contributed by atoms with Crippen LogP contribution < -0.4 is 0 Å². The van der Waals surface area contributed by atoms with Crippen molar-refractivity contribution >= 4 is 18.2 Å². The Bertz CT molecular complexity index is 238. The molecule has 0 saturated heterocycles. The molecule has 1 atom stereocenters. The highest BCUT2D eigenvalue weighted by Crippen LogP contribution is 2.22. The highest BCUT2D eigenvalue weighted by molar-refractivity contribution is 6.00. The summed E-state index contributed by atoms with van der Waals surface area (Å²) in [5, 5.41) is 0. The first-order valence-corrected chi connectivity index (χ1v) is 6.41. The van der Waals surface area contributed by atoms with E-state index in [9.17, 15) is 14.4 Å². The molecule has 1 saturated carbocycles. The van der Waals surface area contributed by atoms with Gasteiger partial charge in [-0.2, -0.15) is 0 Å². The van der Waals surface area contributed by atoms with E-state index in [4.69, 9.17) is 4.74 Å². The minimum Gasteiger partial charge on any atom is -0.468 e.